The number of aromatic nitrogens is 1. The van der Waals surface area contributed by atoms with Gasteiger partial charge in [-0.3, -0.25) is 0 Å². The molecule has 0 saturated carbocycles. The van der Waals surface area contributed by atoms with Crippen molar-refractivity contribution >= 4 is 11.8 Å². The van der Waals surface area contributed by atoms with Crippen LogP contribution in [0.15, 0.2) is 40.3 Å². The van der Waals surface area contributed by atoms with Crippen molar-refractivity contribution in [3.63, 3.8) is 0 Å². The standard InChI is InChI=1S/C14H12FNO2S/c15-13-9-11(3-1-2-7-17)4-5-12(13)10-19-14-16-6-8-18-14/h4-6,8-9,17H,2,7,10H2. The summed E-state index contributed by atoms with van der Waals surface area (Å²) in [5.74, 6) is 5.71. The van der Waals surface area contributed by atoms with E-state index in [1.54, 1.807) is 18.3 Å². The van der Waals surface area contributed by atoms with Crippen LogP contribution in [0.3, 0.4) is 0 Å². The van der Waals surface area contributed by atoms with Gasteiger partial charge in [-0.1, -0.05) is 29.7 Å². The van der Waals surface area contributed by atoms with Crippen molar-refractivity contribution in [2.75, 3.05) is 6.61 Å². The highest BCUT2D eigenvalue weighted by molar-refractivity contribution is 7.98. The molecule has 0 aliphatic heterocycles. The zero-order valence-corrected chi connectivity index (χ0v) is 10.9. The Bertz CT molecular complexity index is 587. The van der Waals surface area contributed by atoms with Gasteiger partial charge in [-0.25, -0.2) is 9.37 Å². The summed E-state index contributed by atoms with van der Waals surface area (Å²) in [5.41, 5.74) is 1.19. The average Bonchev–Trinajstić information content (AvgIpc) is 2.91. The van der Waals surface area contributed by atoms with Gasteiger partial charge >= 0.3 is 0 Å². The van der Waals surface area contributed by atoms with Gasteiger partial charge in [0.2, 0.25) is 0 Å². The summed E-state index contributed by atoms with van der Waals surface area (Å²) in [6.45, 7) is 0.0142. The minimum Gasteiger partial charge on any atom is -0.440 e. The molecule has 0 fully saturated rings. The Morgan fingerprint density at radius 3 is 3.00 bits per heavy atom. The largest absolute Gasteiger partial charge is 0.440 e. The van der Waals surface area contributed by atoms with Crippen LogP contribution in [0.25, 0.3) is 0 Å². The molecule has 19 heavy (non-hydrogen) atoms. The predicted molar refractivity (Wildman–Crippen MR) is 71.0 cm³/mol. The molecule has 5 heteroatoms. The van der Waals surface area contributed by atoms with Gasteiger partial charge in [-0.2, -0.15) is 0 Å². The molecular formula is C14H12FNO2S. The fourth-order valence-electron chi connectivity index (χ4n) is 1.38. The smallest absolute Gasteiger partial charge is 0.255 e. The first kappa shape index (κ1) is 13.7. The number of benzene rings is 1. The van der Waals surface area contributed by atoms with Gasteiger partial charge in [0, 0.05) is 17.7 Å². The van der Waals surface area contributed by atoms with E-state index in [-0.39, 0.29) is 12.4 Å². The molecule has 1 heterocycles. The predicted octanol–water partition coefficient (Wildman–Crippen LogP) is 2.84. The van der Waals surface area contributed by atoms with Crippen LogP contribution in [0.5, 0.6) is 0 Å². The highest BCUT2D eigenvalue weighted by Crippen LogP contribution is 2.22. The Morgan fingerprint density at radius 2 is 2.32 bits per heavy atom. The molecule has 2 aromatic rings. The Hall–Kier alpha value is -1.77. The molecule has 1 N–H and O–H groups in total. The van der Waals surface area contributed by atoms with Crippen LogP contribution in [-0.4, -0.2) is 16.7 Å². The lowest BCUT2D eigenvalue weighted by Gasteiger charge is -2.01. The van der Waals surface area contributed by atoms with Crippen LogP contribution in [0.4, 0.5) is 4.39 Å². The van der Waals surface area contributed by atoms with Gasteiger partial charge < -0.3 is 9.52 Å². The van der Waals surface area contributed by atoms with Crippen molar-refractivity contribution in [3.8, 4) is 11.8 Å². The first-order chi connectivity index (χ1) is 9.29. The molecule has 0 atom stereocenters. The summed E-state index contributed by atoms with van der Waals surface area (Å²) in [6, 6.07) is 4.86. The fourth-order valence-corrected chi connectivity index (χ4v) is 2.16. The lowest BCUT2D eigenvalue weighted by atomic mass is 10.1. The Kier molecular flexibility index (Phi) is 5.01. The van der Waals surface area contributed by atoms with E-state index in [9.17, 15) is 4.39 Å². The summed E-state index contributed by atoms with van der Waals surface area (Å²) >= 11 is 1.33. The summed E-state index contributed by atoms with van der Waals surface area (Å²) in [7, 11) is 0. The maximum absolute atomic E-state index is 13.8. The van der Waals surface area contributed by atoms with E-state index in [0.717, 1.165) is 0 Å². The summed E-state index contributed by atoms with van der Waals surface area (Å²) < 4.78 is 18.9. The molecule has 0 aliphatic rings. The van der Waals surface area contributed by atoms with E-state index in [2.05, 4.69) is 16.8 Å². The van der Waals surface area contributed by atoms with E-state index in [0.29, 0.717) is 28.5 Å². The average molecular weight is 277 g/mol. The van der Waals surface area contributed by atoms with E-state index >= 15 is 0 Å². The fraction of sp³-hybridized carbons (Fsp3) is 0.214. The second kappa shape index (κ2) is 6.98. The summed E-state index contributed by atoms with van der Waals surface area (Å²) in [6.07, 6.45) is 3.43. The minimum atomic E-state index is -0.296. The number of aliphatic hydroxyl groups excluding tert-OH is 1. The molecule has 0 unspecified atom stereocenters. The number of halogens is 1. The van der Waals surface area contributed by atoms with E-state index in [4.69, 9.17) is 9.52 Å². The first-order valence-electron chi connectivity index (χ1n) is 5.70. The number of nitrogens with zero attached hydrogens (tertiary/aromatic N) is 1. The number of aliphatic hydroxyl groups is 1. The third kappa shape index (κ3) is 4.12. The Balaban J connectivity index is 2.01. The van der Waals surface area contributed by atoms with Crippen molar-refractivity contribution < 1.29 is 13.9 Å². The number of oxazole rings is 1. The molecule has 1 aromatic heterocycles. The van der Waals surface area contributed by atoms with Crippen LogP contribution in [0, 0.1) is 17.7 Å². The van der Waals surface area contributed by atoms with Crippen LogP contribution < -0.4 is 0 Å². The molecule has 98 valence electrons. The van der Waals surface area contributed by atoms with Crippen LogP contribution in [-0.2, 0) is 5.75 Å². The molecule has 0 radical (unpaired) electrons. The van der Waals surface area contributed by atoms with Crippen LogP contribution in [0.1, 0.15) is 17.5 Å². The van der Waals surface area contributed by atoms with E-state index in [1.807, 2.05) is 0 Å². The molecule has 3 nitrogen and oxygen atoms in total. The molecule has 2 rings (SSSR count). The van der Waals surface area contributed by atoms with Gasteiger partial charge in [0.25, 0.3) is 5.22 Å². The Labute approximate surface area is 114 Å². The molecule has 0 aliphatic carbocycles. The summed E-state index contributed by atoms with van der Waals surface area (Å²) in [4.78, 5) is 3.96. The van der Waals surface area contributed by atoms with Crippen LogP contribution in [0.2, 0.25) is 0 Å². The number of hydrogen-bond acceptors (Lipinski definition) is 4. The quantitative estimate of drug-likeness (QED) is 0.689. The molecule has 0 saturated heterocycles. The lowest BCUT2D eigenvalue weighted by Crippen LogP contribution is -1.89. The van der Waals surface area contributed by atoms with Gasteiger partial charge in [-0.15, -0.1) is 0 Å². The lowest BCUT2D eigenvalue weighted by molar-refractivity contribution is 0.305. The number of rotatable bonds is 4. The number of thioether (sulfide) groups is 1. The van der Waals surface area contributed by atoms with E-state index in [1.165, 1.54) is 24.1 Å². The van der Waals surface area contributed by atoms with Gasteiger partial charge in [-0.05, 0) is 17.7 Å². The summed E-state index contributed by atoms with van der Waals surface area (Å²) in [5, 5.41) is 9.13. The zero-order valence-electron chi connectivity index (χ0n) is 10.1. The number of hydrogen-bond donors (Lipinski definition) is 1. The molecule has 0 bridgehead atoms. The third-order valence-electron chi connectivity index (χ3n) is 2.28. The van der Waals surface area contributed by atoms with Gasteiger partial charge in [0.15, 0.2) is 0 Å². The Morgan fingerprint density at radius 1 is 1.42 bits per heavy atom. The van der Waals surface area contributed by atoms with Gasteiger partial charge in [0.1, 0.15) is 12.1 Å². The zero-order chi connectivity index (χ0) is 13.5. The molecule has 0 amide bonds. The van der Waals surface area contributed by atoms with Crippen molar-refractivity contribution in [2.45, 2.75) is 17.4 Å². The third-order valence-corrected chi connectivity index (χ3v) is 3.19. The highest BCUT2D eigenvalue weighted by atomic mass is 32.2. The topological polar surface area (TPSA) is 46.3 Å². The minimum absolute atomic E-state index is 0.0142. The molecular weight excluding hydrogens is 265 g/mol. The van der Waals surface area contributed by atoms with Crippen molar-refractivity contribution in [1.82, 2.24) is 4.98 Å². The van der Waals surface area contributed by atoms with Crippen molar-refractivity contribution in [2.24, 2.45) is 0 Å². The second-order valence-electron chi connectivity index (χ2n) is 3.67. The van der Waals surface area contributed by atoms with E-state index < -0.39 is 0 Å². The maximum atomic E-state index is 13.8. The SMILES string of the molecule is OCCC#Cc1ccc(CSc2ncco2)c(F)c1. The normalized spacial score (nSPS) is 10.0. The maximum Gasteiger partial charge on any atom is 0.255 e. The second-order valence-corrected chi connectivity index (χ2v) is 4.59. The molecule has 0 spiro atoms. The van der Waals surface area contributed by atoms with Crippen molar-refractivity contribution in [1.29, 1.82) is 0 Å². The van der Waals surface area contributed by atoms with Crippen molar-refractivity contribution in [3.05, 3.63) is 47.6 Å². The van der Waals surface area contributed by atoms with Crippen LogP contribution >= 0.6 is 11.8 Å². The first-order valence-corrected chi connectivity index (χ1v) is 6.68. The highest BCUT2D eigenvalue weighted by Gasteiger charge is 2.05. The molecule has 1 aromatic carbocycles. The monoisotopic (exact) mass is 277 g/mol. The van der Waals surface area contributed by atoms with Gasteiger partial charge in [0.05, 0.1) is 12.8 Å².